The second-order valence-corrected chi connectivity index (χ2v) is 5.80. The molecule has 1 atom stereocenters. The van der Waals surface area contributed by atoms with Crippen molar-refractivity contribution in [3.8, 4) is 5.75 Å². The lowest BCUT2D eigenvalue weighted by Gasteiger charge is -2.35. The highest BCUT2D eigenvalue weighted by atomic mass is 16.5. The molecule has 123 valence electrons. The van der Waals surface area contributed by atoms with Crippen LogP contribution in [-0.2, 0) is 22.4 Å². The molecule has 0 saturated carbocycles. The van der Waals surface area contributed by atoms with Gasteiger partial charge in [0.2, 0.25) is 11.8 Å². The van der Waals surface area contributed by atoms with Gasteiger partial charge in [-0.2, -0.15) is 0 Å². The van der Waals surface area contributed by atoms with Gasteiger partial charge in [-0.25, -0.2) is 0 Å². The fourth-order valence-electron chi connectivity index (χ4n) is 3.13. The molecule has 5 nitrogen and oxygen atoms in total. The molecule has 0 aliphatic carbocycles. The van der Waals surface area contributed by atoms with Crippen LogP contribution in [0.2, 0.25) is 0 Å². The molecule has 1 heterocycles. The molecule has 2 aromatic carbocycles. The molecule has 1 unspecified atom stereocenters. The molecule has 0 aromatic heterocycles. The summed E-state index contributed by atoms with van der Waals surface area (Å²) in [4.78, 5) is 26.3. The summed E-state index contributed by atoms with van der Waals surface area (Å²) in [5.74, 6) is 0.0676. The van der Waals surface area contributed by atoms with E-state index in [2.05, 4.69) is 6.07 Å². The van der Waals surface area contributed by atoms with Crippen LogP contribution in [0.4, 0.5) is 0 Å². The van der Waals surface area contributed by atoms with Gasteiger partial charge in [-0.05, 0) is 41.3 Å². The number of primary amides is 1. The first-order valence-corrected chi connectivity index (χ1v) is 7.80. The van der Waals surface area contributed by atoms with E-state index >= 15 is 0 Å². The van der Waals surface area contributed by atoms with E-state index in [0.717, 1.165) is 16.7 Å². The third-order valence-corrected chi connectivity index (χ3v) is 4.30. The molecule has 2 aromatic rings. The molecular weight excluding hydrogens is 304 g/mol. The van der Waals surface area contributed by atoms with Crippen molar-refractivity contribution in [2.75, 3.05) is 13.7 Å². The zero-order valence-corrected chi connectivity index (χ0v) is 13.5. The maximum absolute atomic E-state index is 12.8. The van der Waals surface area contributed by atoms with Crippen LogP contribution in [0.5, 0.6) is 5.75 Å². The first kappa shape index (κ1) is 16.1. The predicted molar refractivity (Wildman–Crippen MR) is 89.3 cm³/mol. The third-order valence-electron chi connectivity index (χ3n) is 4.30. The molecule has 2 amide bonds. The second-order valence-electron chi connectivity index (χ2n) is 5.80. The van der Waals surface area contributed by atoms with Gasteiger partial charge in [-0.1, -0.05) is 30.3 Å². The van der Waals surface area contributed by atoms with Crippen LogP contribution in [0.25, 0.3) is 0 Å². The molecule has 24 heavy (non-hydrogen) atoms. The fraction of sp³-hybridized carbons (Fsp3) is 0.263. The lowest BCUT2D eigenvalue weighted by atomic mass is 9.91. The maximum Gasteiger partial charge on any atom is 0.244 e. The Morgan fingerprint density at radius 2 is 2.21 bits per heavy atom. The molecule has 0 bridgehead atoms. The number of carbonyl (C=O) groups excluding carboxylic acids is 2. The van der Waals surface area contributed by atoms with Gasteiger partial charge in [0.15, 0.2) is 0 Å². The number of rotatable bonds is 4. The normalized spacial score (nSPS) is 16.4. The zero-order valence-electron chi connectivity index (χ0n) is 13.5. The molecule has 2 N–H and O–H groups in total. The summed E-state index contributed by atoms with van der Waals surface area (Å²) >= 11 is 0. The van der Waals surface area contributed by atoms with Crippen molar-refractivity contribution >= 4 is 11.8 Å². The van der Waals surface area contributed by atoms with Crippen molar-refractivity contribution in [3.63, 3.8) is 0 Å². The summed E-state index contributed by atoms with van der Waals surface area (Å²) in [6.45, 7) is 0.473. The number of ether oxygens (including phenoxy) is 1. The standard InChI is InChI=1S/C19H19N2O3/c1-24-15-7-4-5-13(11-15)12-17(22)21-10-9-14-6-2-3-8-16(14)18(21)19(20)23/h3-8,11,18H,9-10,12H2,1H3,(H2,20,23). The fourth-order valence-corrected chi connectivity index (χ4v) is 3.13. The topological polar surface area (TPSA) is 72.6 Å². The number of carbonyl (C=O) groups is 2. The summed E-state index contributed by atoms with van der Waals surface area (Å²) in [5.41, 5.74) is 8.25. The first-order valence-electron chi connectivity index (χ1n) is 7.80. The summed E-state index contributed by atoms with van der Waals surface area (Å²) in [6.07, 6.45) is 0.898. The van der Waals surface area contributed by atoms with Crippen molar-refractivity contribution < 1.29 is 14.3 Å². The van der Waals surface area contributed by atoms with Crippen molar-refractivity contribution in [1.82, 2.24) is 4.90 Å². The van der Waals surface area contributed by atoms with Crippen LogP contribution in [0, 0.1) is 6.07 Å². The molecule has 0 saturated heterocycles. The first-order chi connectivity index (χ1) is 11.6. The highest BCUT2D eigenvalue weighted by Crippen LogP contribution is 2.30. The minimum absolute atomic E-state index is 0.120. The van der Waals surface area contributed by atoms with Crippen LogP contribution >= 0.6 is 0 Å². The van der Waals surface area contributed by atoms with E-state index in [0.29, 0.717) is 18.7 Å². The minimum atomic E-state index is -0.721. The van der Waals surface area contributed by atoms with E-state index < -0.39 is 11.9 Å². The Kier molecular flexibility index (Phi) is 4.51. The van der Waals surface area contributed by atoms with Crippen molar-refractivity contribution in [2.24, 2.45) is 5.73 Å². The zero-order chi connectivity index (χ0) is 17.1. The van der Waals surface area contributed by atoms with E-state index in [1.165, 1.54) is 0 Å². The van der Waals surface area contributed by atoms with Crippen molar-refractivity contribution in [2.45, 2.75) is 18.9 Å². The van der Waals surface area contributed by atoms with E-state index in [1.54, 1.807) is 18.1 Å². The number of hydrogen-bond acceptors (Lipinski definition) is 3. The van der Waals surface area contributed by atoms with E-state index in [9.17, 15) is 9.59 Å². The molecule has 1 radical (unpaired) electrons. The average molecular weight is 323 g/mol. The third kappa shape index (κ3) is 3.11. The molecule has 1 aliphatic heterocycles. The molecule has 1 aliphatic rings. The number of hydrogen-bond donors (Lipinski definition) is 1. The van der Waals surface area contributed by atoms with Crippen LogP contribution in [0.15, 0.2) is 42.5 Å². The number of fused-ring (bicyclic) bond motifs is 1. The van der Waals surface area contributed by atoms with Crippen LogP contribution in [0.3, 0.4) is 0 Å². The number of nitrogens with zero attached hydrogens (tertiary/aromatic N) is 1. The Hall–Kier alpha value is -2.82. The smallest absolute Gasteiger partial charge is 0.244 e. The highest BCUT2D eigenvalue weighted by molar-refractivity contribution is 5.89. The van der Waals surface area contributed by atoms with Gasteiger partial charge in [-0.3, -0.25) is 9.59 Å². The van der Waals surface area contributed by atoms with E-state index in [4.69, 9.17) is 10.5 Å². The summed E-state index contributed by atoms with van der Waals surface area (Å²) in [6, 6.07) is 15.1. The number of amides is 2. The summed E-state index contributed by atoms with van der Waals surface area (Å²) in [7, 11) is 1.59. The molecule has 0 spiro atoms. The predicted octanol–water partition coefficient (Wildman–Crippen LogP) is 1.65. The monoisotopic (exact) mass is 323 g/mol. The second kappa shape index (κ2) is 6.74. The van der Waals surface area contributed by atoms with Gasteiger partial charge in [-0.15, -0.1) is 0 Å². The van der Waals surface area contributed by atoms with Crippen LogP contribution < -0.4 is 10.5 Å². The van der Waals surface area contributed by atoms with Crippen LogP contribution in [0.1, 0.15) is 22.7 Å². The molecule has 3 rings (SSSR count). The summed E-state index contributed by atoms with van der Waals surface area (Å²) < 4.78 is 5.19. The van der Waals surface area contributed by atoms with Gasteiger partial charge in [0, 0.05) is 6.54 Å². The van der Waals surface area contributed by atoms with E-state index in [-0.39, 0.29) is 12.3 Å². The lowest BCUT2D eigenvalue weighted by molar-refractivity contribution is -0.139. The number of methoxy groups -OCH3 is 1. The highest BCUT2D eigenvalue weighted by Gasteiger charge is 2.34. The molecule has 5 heteroatoms. The van der Waals surface area contributed by atoms with Gasteiger partial charge in [0.25, 0.3) is 0 Å². The lowest BCUT2D eigenvalue weighted by Crippen LogP contribution is -2.46. The van der Waals surface area contributed by atoms with Gasteiger partial charge in [0.1, 0.15) is 11.8 Å². The van der Waals surface area contributed by atoms with Gasteiger partial charge in [0.05, 0.1) is 13.5 Å². The van der Waals surface area contributed by atoms with Crippen molar-refractivity contribution in [3.05, 3.63) is 65.2 Å². The Morgan fingerprint density at radius 1 is 1.38 bits per heavy atom. The molecular formula is C19H19N2O3. The Labute approximate surface area is 141 Å². The SMILES string of the molecule is COc1cccc(CC(=O)N2CCc3c[c]ccc3C2C(N)=O)c1. The van der Waals surface area contributed by atoms with Gasteiger partial charge >= 0.3 is 0 Å². The number of nitrogens with two attached hydrogens (primary N) is 1. The summed E-state index contributed by atoms with van der Waals surface area (Å²) in [5, 5.41) is 0. The maximum atomic E-state index is 12.8. The minimum Gasteiger partial charge on any atom is -0.497 e. The Morgan fingerprint density at radius 3 is 2.96 bits per heavy atom. The van der Waals surface area contributed by atoms with Crippen molar-refractivity contribution in [1.29, 1.82) is 0 Å². The Bertz CT molecular complexity index is 773. The van der Waals surface area contributed by atoms with Gasteiger partial charge < -0.3 is 15.4 Å². The quantitative estimate of drug-likeness (QED) is 0.930. The molecule has 0 fully saturated rings. The average Bonchev–Trinajstić information content (AvgIpc) is 2.60. The number of benzene rings is 2. The Balaban J connectivity index is 1.85. The van der Waals surface area contributed by atoms with E-state index in [1.807, 2.05) is 36.4 Å². The van der Waals surface area contributed by atoms with Crippen LogP contribution in [-0.4, -0.2) is 30.4 Å². The largest absolute Gasteiger partial charge is 0.497 e.